The number of fused-ring (bicyclic) bond motifs is 2. The summed E-state index contributed by atoms with van der Waals surface area (Å²) < 4.78 is 31.9. The summed E-state index contributed by atoms with van der Waals surface area (Å²) >= 11 is 0. The van der Waals surface area contributed by atoms with Gasteiger partial charge in [-0.05, 0) is 24.3 Å². The zero-order chi connectivity index (χ0) is 24.5. The molecular weight excluding hydrogens is 459 g/mol. The van der Waals surface area contributed by atoms with Crippen LogP contribution in [0.2, 0.25) is 0 Å². The van der Waals surface area contributed by atoms with Gasteiger partial charge in [-0.25, -0.2) is 4.98 Å². The van der Waals surface area contributed by atoms with Crippen molar-refractivity contribution >= 4 is 0 Å². The summed E-state index contributed by atoms with van der Waals surface area (Å²) in [5.41, 5.74) is -0.426. The molecule has 0 aliphatic carbocycles. The van der Waals surface area contributed by atoms with Gasteiger partial charge in [0.15, 0.2) is 5.60 Å². The van der Waals surface area contributed by atoms with Crippen LogP contribution in [-0.2, 0) is 12.1 Å². The first kappa shape index (κ1) is 22.8. The molecule has 0 saturated carbocycles. The molecule has 3 heterocycles. The lowest BCUT2D eigenvalue weighted by molar-refractivity contribution is 0.0792. The summed E-state index contributed by atoms with van der Waals surface area (Å²) in [5.74, 6) is 2.69. The first-order valence-corrected chi connectivity index (χ1v) is 12.2. The summed E-state index contributed by atoms with van der Waals surface area (Å²) in [6.07, 6.45) is 1.65. The number of nitrogens with zero attached hydrogens (tertiary/aromatic N) is 2. The van der Waals surface area contributed by atoms with Gasteiger partial charge in [0.05, 0.1) is 26.0 Å². The summed E-state index contributed by atoms with van der Waals surface area (Å²) in [6.45, 7) is 1.85. The van der Waals surface area contributed by atoms with E-state index in [2.05, 4.69) is 9.88 Å². The largest absolute Gasteiger partial charge is 0.493 e. The summed E-state index contributed by atoms with van der Waals surface area (Å²) in [7, 11) is 0. The lowest BCUT2D eigenvalue weighted by Crippen LogP contribution is -2.32. The van der Waals surface area contributed by atoms with E-state index >= 15 is 0 Å². The molecule has 6 rings (SSSR count). The number of oxazole rings is 1. The van der Waals surface area contributed by atoms with Gasteiger partial charge >= 0.3 is 0 Å². The molecule has 1 N–H and O–H groups in total. The molecule has 6 nitrogen and oxygen atoms in total. The van der Waals surface area contributed by atoms with E-state index in [1.807, 2.05) is 78.9 Å². The van der Waals surface area contributed by atoms with Crippen molar-refractivity contribution in [2.75, 3.05) is 26.4 Å². The Bertz CT molecular complexity index is 1300. The van der Waals surface area contributed by atoms with E-state index in [-0.39, 0.29) is 17.7 Å². The normalized spacial score (nSPS) is 20.4. The quantitative estimate of drug-likeness (QED) is 0.389. The van der Waals surface area contributed by atoms with Crippen LogP contribution in [0.3, 0.4) is 0 Å². The van der Waals surface area contributed by atoms with E-state index in [1.165, 1.54) is 0 Å². The Labute approximate surface area is 208 Å². The number of hydrogen-bond donors (Lipinski definition) is 1. The summed E-state index contributed by atoms with van der Waals surface area (Å²) in [4.78, 5) is 6.64. The van der Waals surface area contributed by atoms with Gasteiger partial charge in [-0.3, -0.25) is 9.29 Å². The van der Waals surface area contributed by atoms with Gasteiger partial charge in [0.1, 0.15) is 23.0 Å². The van der Waals surface area contributed by atoms with Crippen LogP contribution in [0.4, 0.5) is 4.39 Å². The molecule has 2 atom stereocenters. The summed E-state index contributed by atoms with van der Waals surface area (Å²) in [6, 6.07) is 24.3. The van der Waals surface area contributed by atoms with Gasteiger partial charge in [-0.1, -0.05) is 54.6 Å². The zero-order valence-electron chi connectivity index (χ0n) is 19.7. The molecule has 4 aromatic rings. The Balaban J connectivity index is 1.21. The van der Waals surface area contributed by atoms with Crippen molar-refractivity contribution in [2.45, 2.75) is 12.1 Å². The summed E-state index contributed by atoms with van der Waals surface area (Å²) in [5, 5.41) is 12.0. The molecule has 3 aromatic carbocycles. The van der Waals surface area contributed by atoms with E-state index < -0.39 is 12.3 Å². The fourth-order valence-corrected chi connectivity index (χ4v) is 5.22. The van der Waals surface area contributed by atoms with E-state index in [1.54, 1.807) is 6.20 Å². The van der Waals surface area contributed by atoms with E-state index in [0.717, 1.165) is 5.75 Å². The first-order chi connectivity index (χ1) is 17.6. The molecule has 1 unspecified atom stereocenters. The standard InChI is InChI=1S/C29H27FN2O4/c30-14-20-16-32(17-21(20)19-34-22-8-2-1-3-9-22)18-23-15-31-28(35-23)29(33)24-10-4-6-12-26(24)36-27-13-7-5-11-25(27)29/h1-13,15,20-21,33H,14,16-19H2/t20?,21-/m0/s1. The Morgan fingerprint density at radius 2 is 1.56 bits per heavy atom. The molecule has 2 aliphatic rings. The van der Waals surface area contributed by atoms with Crippen LogP contribution in [0, 0.1) is 11.8 Å². The SMILES string of the molecule is OC1(c2ncc(CN3CC(CF)[C@H](COc4ccccc4)C3)o2)c2ccccc2Oc2ccccc21. The number of likely N-dealkylation sites (tertiary alicyclic amines) is 1. The van der Waals surface area contributed by atoms with Gasteiger partial charge in [0, 0.05) is 36.1 Å². The lowest BCUT2D eigenvalue weighted by atomic mass is 9.83. The molecule has 0 spiro atoms. The Hall–Kier alpha value is -3.68. The van der Waals surface area contributed by atoms with E-state index in [4.69, 9.17) is 13.9 Å². The number of aliphatic hydroxyl groups is 1. The average molecular weight is 487 g/mol. The molecule has 2 aliphatic heterocycles. The lowest BCUT2D eigenvalue weighted by Gasteiger charge is -2.33. The maximum atomic E-state index is 13.8. The van der Waals surface area contributed by atoms with Crippen molar-refractivity contribution in [3.8, 4) is 17.2 Å². The number of halogens is 1. The Kier molecular flexibility index (Phi) is 5.95. The second kappa shape index (κ2) is 9.41. The zero-order valence-corrected chi connectivity index (χ0v) is 19.7. The van der Waals surface area contributed by atoms with Crippen LogP contribution < -0.4 is 9.47 Å². The van der Waals surface area contributed by atoms with E-state index in [9.17, 15) is 9.50 Å². The first-order valence-electron chi connectivity index (χ1n) is 12.2. The second-order valence-corrected chi connectivity index (χ2v) is 9.43. The van der Waals surface area contributed by atoms with Crippen LogP contribution in [0.5, 0.6) is 17.2 Å². The molecule has 0 amide bonds. The fraction of sp³-hybridized carbons (Fsp3) is 0.276. The molecule has 1 aromatic heterocycles. The van der Waals surface area contributed by atoms with Crippen LogP contribution in [0.1, 0.15) is 22.8 Å². The highest BCUT2D eigenvalue weighted by Crippen LogP contribution is 2.49. The number of hydrogen-bond acceptors (Lipinski definition) is 6. The third kappa shape index (κ3) is 4.04. The average Bonchev–Trinajstić information content (AvgIpc) is 3.55. The highest BCUT2D eigenvalue weighted by atomic mass is 19.1. The number of rotatable bonds is 7. The topological polar surface area (TPSA) is 68.0 Å². The fourth-order valence-electron chi connectivity index (χ4n) is 5.22. The molecule has 0 bridgehead atoms. The van der Waals surface area contributed by atoms with Crippen molar-refractivity contribution in [3.05, 3.63) is 108 Å². The van der Waals surface area contributed by atoms with Gasteiger partial charge < -0.3 is 19.0 Å². The smallest absolute Gasteiger partial charge is 0.236 e. The predicted octanol–water partition coefficient (Wildman–Crippen LogP) is 5.16. The molecule has 184 valence electrons. The minimum Gasteiger partial charge on any atom is -0.493 e. The third-order valence-corrected chi connectivity index (χ3v) is 7.07. The maximum absolute atomic E-state index is 13.8. The van der Waals surface area contributed by atoms with Gasteiger partial charge in [0.2, 0.25) is 5.89 Å². The van der Waals surface area contributed by atoms with Gasteiger partial charge in [0.25, 0.3) is 0 Å². The van der Waals surface area contributed by atoms with Crippen molar-refractivity contribution in [1.82, 2.24) is 9.88 Å². The highest BCUT2D eigenvalue weighted by Gasteiger charge is 2.46. The van der Waals surface area contributed by atoms with Crippen molar-refractivity contribution < 1.29 is 23.4 Å². The Morgan fingerprint density at radius 1 is 0.917 bits per heavy atom. The minimum absolute atomic E-state index is 0.0797. The Morgan fingerprint density at radius 3 is 2.25 bits per heavy atom. The van der Waals surface area contributed by atoms with Crippen LogP contribution in [-0.4, -0.2) is 41.4 Å². The number of benzene rings is 3. The molecule has 36 heavy (non-hydrogen) atoms. The van der Waals surface area contributed by atoms with Crippen molar-refractivity contribution in [1.29, 1.82) is 0 Å². The monoisotopic (exact) mass is 486 g/mol. The number of aromatic nitrogens is 1. The number of alkyl halides is 1. The van der Waals surface area contributed by atoms with Crippen LogP contribution in [0.25, 0.3) is 0 Å². The van der Waals surface area contributed by atoms with E-state index in [0.29, 0.717) is 54.6 Å². The molecular formula is C29H27FN2O4. The molecule has 1 saturated heterocycles. The molecule has 7 heteroatoms. The third-order valence-electron chi connectivity index (χ3n) is 7.07. The predicted molar refractivity (Wildman–Crippen MR) is 132 cm³/mol. The van der Waals surface area contributed by atoms with Gasteiger partial charge in [-0.15, -0.1) is 0 Å². The minimum atomic E-state index is -1.58. The van der Waals surface area contributed by atoms with Crippen LogP contribution in [0.15, 0.2) is 89.5 Å². The molecule has 1 fully saturated rings. The molecule has 0 radical (unpaired) electrons. The van der Waals surface area contributed by atoms with Crippen molar-refractivity contribution in [2.24, 2.45) is 11.8 Å². The highest BCUT2D eigenvalue weighted by molar-refractivity contribution is 5.58. The second-order valence-electron chi connectivity index (χ2n) is 9.43. The van der Waals surface area contributed by atoms with Crippen molar-refractivity contribution in [3.63, 3.8) is 0 Å². The number of para-hydroxylation sites is 3. The van der Waals surface area contributed by atoms with Crippen LogP contribution >= 0.6 is 0 Å². The number of ether oxygens (including phenoxy) is 2. The maximum Gasteiger partial charge on any atom is 0.236 e. The van der Waals surface area contributed by atoms with Gasteiger partial charge in [-0.2, -0.15) is 0 Å².